The molecule has 2 N–H and O–H groups in total. The van der Waals surface area contributed by atoms with Crippen LogP contribution in [0, 0.1) is 0 Å². The fraction of sp³-hybridized carbons (Fsp3) is 0.385. The van der Waals surface area contributed by atoms with Crippen molar-refractivity contribution in [1.82, 2.24) is 20.1 Å². The monoisotopic (exact) mass is 354 g/mol. The zero-order valence-electron chi connectivity index (χ0n) is 11.0. The molecule has 0 saturated heterocycles. The number of nitrogens with one attached hydrogen (secondary N) is 2. The zero-order chi connectivity index (χ0) is 14.1. The molecular formula is C13H15BrN4OS. The second-order valence-corrected chi connectivity index (χ2v) is 6.78. The molecule has 0 atom stereocenters. The number of H-pyrrole nitrogens is 1. The highest BCUT2D eigenvalue weighted by Crippen LogP contribution is 2.29. The lowest BCUT2D eigenvalue weighted by atomic mass is 10.2. The van der Waals surface area contributed by atoms with Gasteiger partial charge in [0.25, 0.3) is 0 Å². The summed E-state index contributed by atoms with van der Waals surface area (Å²) in [5, 5.41) is 10.6. The Morgan fingerprint density at radius 3 is 2.95 bits per heavy atom. The molecule has 1 aliphatic carbocycles. The summed E-state index contributed by atoms with van der Waals surface area (Å²) in [6.07, 6.45) is 2.58. The van der Waals surface area contributed by atoms with Gasteiger partial charge in [-0.1, -0.05) is 22.0 Å². The number of benzene rings is 1. The summed E-state index contributed by atoms with van der Waals surface area (Å²) in [6, 6.07) is 6.92. The highest BCUT2D eigenvalue weighted by molar-refractivity contribution is 9.10. The molecule has 2 aromatic rings. The van der Waals surface area contributed by atoms with Crippen LogP contribution < -0.4 is 11.0 Å². The summed E-state index contributed by atoms with van der Waals surface area (Å²) >= 11 is 5.07. The molecule has 1 aliphatic rings. The number of aromatic nitrogens is 3. The van der Waals surface area contributed by atoms with Gasteiger partial charge in [0.2, 0.25) is 0 Å². The minimum Gasteiger partial charge on any atom is -0.310 e. The Bertz CT molecular complexity index is 677. The molecule has 0 spiro atoms. The van der Waals surface area contributed by atoms with Gasteiger partial charge < -0.3 is 5.32 Å². The van der Waals surface area contributed by atoms with Crippen LogP contribution >= 0.6 is 27.7 Å². The smallest absolute Gasteiger partial charge is 0.310 e. The predicted octanol–water partition coefficient (Wildman–Crippen LogP) is 2.27. The van der Waals surface area contributed by atoms with Crippen molar-refractivity contribution in [3.05, 3.63) is 38.7 Å². The molecule has 7 heteroatoms. The second-order valence-electron chi connectivity index (χ2n) is 4.88. The summed E-state index contributed by atoms with van der Waals surface area (Å²) in [6.45, 7) is 0.886. The lowest BCUT2D eigenvalue weighted by molar-refractivity contribution is 0.685. The van der Waals surface area contributed by atoms with Crippen molar-refractivity contribution in [2.45, 2.75) is 35.5 Å². The highest BCUT2D eigenvalue weighted by Gasteiger charge is 2.20. The minimum atomic E-state index is -0.197. The van der Waals surface area contributed by atoms with E-state index in [4.69, 9.17) is 0 Å². The molecule has 1 fully saturated rings. The molecule has 0 radical (unpaired) electrons. The van der Waals surface area contributed by atoms with E-state index in [0.717, 1.165) is 15.9 Å². The van der Waals surface area contributed by atoms with Gasteiger partial charge in [-0.05, 0) is 42.3 Å². The number of hydrogen-bond donors (Lipinski definition) is 2. The SMILES string of the molecule is Cn1c(Sc2ccc(CNC3CC3)c(Br)c2)n[nH]c1=O. The summed E-state index contributed by atoms with van der Waals surface area (Å²) in [4.78, 5) is 12.4. The molecule has 0 amide bonds. The molecule has 106 valence electrons. The third kappa shape index (κ3) is 3.16. The molecule has 0 bridgehead atoms. The van der Waals surface area contributed by atoms with Crippen molar-refractivity contribution in [3.8, 4) is 0 Å². The van der Waals surface area contributed by atoms with Crippen molar-refractivity contribution in [1.29, 1.82) is 0 Å². The van der Waals surface area contributed by atoms with E-state index in [1.165, 1.54) is 34.7 Å². The Morgan fingerprint density at radius 2 is 2.35 bits per heavy atom. The van der Waals surface area contributed by atoms with E-state index in [0.29, 0.717) is 11.2 Å². The van der Waals surface area contributed by atoms with Gasteiger partial charge in [0, 0.05) is 29.0 Å². The lowest BCUT2D eigenvalue weighted by Crippen LogP contribution is -2.15. The molecule has 0 aliphatic heterocycles. The van der Waals surface area contributed by atoms with Crippen molar-refractivity contribution in [3.63, 3.8) is 0 Å². The number of rotatable bonds is 5. The first-order chi connectivity index (χ1) is 9.63. The van der Waals surface area contributed by atoms with Crippen molar-refractivity contribution >= 4 is 27.7 Å². The van der Waals surface area contributed by atoms with Gasteiger partial charge in [-0.3, -0.25) is 4.57 Å². The second kappa shape index (κ2) is 5.75. The maximum absolute atomic E-state index is 11.3. The summed E-state index contributed by atoms with van der Waals surface area (Å²) < 4.78 is 2.58. The fourth-order valence-corrected chi connectivity index (χ4v) is 3.31. The molecule has 5 nitrogen and oxygen atoms in total. The number of aromatic amines is 1. The summed E-state index contributed by atoms with van der Waals surface area (Å²) in [5.41, 5.74) is 1.05. The average Bonchev–Trinajstić information content (AvgIpc) is 3.20. The van der Waals surface area contributed by atoms with Crippen LogP contribution in [-0.2, 0) is 13.6 Å². The van der Waals surface area contributed by atoms with Crippen LogP contribution in [0.5, 0.6) is 0 Å². The van der Waals surface area contributed by atoms with Crippen LogP contribution in [0.2, 0.25) is 0 Å². The first-order valence-electron chi connectivity index (χ1n) is 6.44. The van der Waals surface area contributed by atoms with Gasteiger partial charge in [-0.15, -0.1) is 5.10 Å². The highest BCUT2D eigenvalue weighted by atomic mass is 79.9. The van der Waals surface area contributed by atoms with E-state index < -0.39 is 0 Å². The average molecular weight is 355 g/mol. The Kier molecular flexibility index (Phi) is 4.00. The molecule has 0 unspecified atom stereocenters. The van der Waals surface area contributed by atoms with Crippen LogP contribution in [0.15, 0.2) is 37.5 Å². The van der Waals surface area contributed by atoms with E-state index in [-0.39, 0.29) is 5.69 Å². The first-order valence-corrected chi connectivity index (χ1v) is 8.05. The standard InChI is InChI=1S/C13H15BrN4OS/c1-18-12(19)16-17-13(18)20-10-5-2-8(11(14)6-10)7-15-9-3-4-9/h2,5-6,9,15H,3-4,7H2,1H3,(H,16,19). The Hall–Kier alpha value is -1.05. The van der Waals surface area contributed by atoms with Gasteiger partial charge in [-0.25, -0.2) is 9.89 Å². The molecule has 1 aromatic carbocycles. The minimum absolute atomic E-state index is 0.197. The zero-order valence-corrected chi connectivity index (χ0v) is 13.4. The van der Waals surface area contributed by atoms with Gasteiger partial charge in [0.1, 0.15) is 0 Å². The Labute approximate surface area is 129 Å². The third-order valence-corrected chi connectivity index (χ3v) is 5.01. The number of halogens is 1. The fourth-order valence-electron chi connectivity index (χ4n) is 1.81. The molecular weight excluding hydrogens is 340 g/mol. The van der Waals surface area contributed by atoms with Gasteiger partial charge in [-0.2, -0.15) is 0 Å². The maximum Gasteiger partial charge on any atom is 0.343 e. The van der Waals surface area contributed by atoms with Gasteiger partial charge in [0.15, 0.2) is 5.16 Å². The molecule has 1 heterocycles. The van der Waals surface area contributed by atoms with Crippen LogP contribution in [0.4, 0.5) is 0 Å². The van der Waals surface area contributed by atoms with Gasteiger partial charge in [0.05, 0.1) is 0 Å². The normalized spacial score (nSPS) is 14.7. The molecule has 3 rings (SSSR count). The topological polar surface area (TPSA) is 62.7 Å². The largest absolute Gasteiger partial charge is 0.343 e. The molecule has 1 saturated carbocycles. The third-order valence-electron chi connectivity index (χ3n) is 3.23. The summed E-state index contributed by atoms with van der Waals surface area (Å²) in [5.74, 6) is 0. The van der Waals surface area contributed by atoms with E-state index >= 15 is 0 Å². The van der Waals surface area contributed by atoms with Crippen LogP contribution in [0.25, 0.3) is 0 Å². The van der Waals surface area contributed by atoms with Crippen LogP contribution in [0.3, 0.4) is 0 Å². The quantitative estimate of drug-likeness (QED) is 0.864. The van der Waals surface area contributed by atoms with E-state index in [1.807, 2.05) is 0 Å². The molecule has 20 heavy (non-hydrogen) atoms. The van der Waals surface area contributed by atoms with E-state index in [9.17, 15) is 4.79 Å². The Balaban J connectivity index is 1.72. The van der Waals surface area contributed by atoms with Crippen molar-refractivity contribution in [2.24, 2.45) is 7.05 Å². The molecule has 1 aromatic heterocycles. The van der Waals surface area contributed by atoms with Crippen LogP contribution in [-0.4, -0.2) is 20.8 Å². The van der Waals surface area contributed by atoms with Crippen LogP contribution in [0.1, 0.15) is 18.4 Å². The predicted molar refractivity (Wildman–Crippen MR) is 82.0 cm³/mol. The number of nitrogens with zero attached hydrogens (tertiary/aromatic N) is 2. The Morgan fingerprint density at radius 1 is 1.55 bits per heavy atom. The lowest BCUT2D eigenvalue weighted by Gasteiger charge is -2.08. The maximum atomic E-state index is 11.3. The number of hydrogen-bond acceptors (Lipinski definition) is 4. The van der Waals surface area contributed by atoms with Crippen molar-refractivity contribution < 1.29 is 0 Å². The summed E-state index contributed by atoms with van der Waals surface area (Å²) in [7, 11) is 1.71. The van der Waals surface area contributed by atoms with E-state index in [2.05, 4.69) is 49.6 Å². The first kappa shape index (κ1) is 13.9. The van der Waals surface area contributed by atoms with Crippen molar-refractivity contribution in [2.75, 3.05) is 0 Å². The van der Waals surface area contributed by atoms with Gasteiger partial charge >= 0.3 is 5.69 Å². The van der Waals surface area contributed by atoms with E-state index in [1.54, 1.807) is 7.05 Å².